The van der Waals surface area contributed by atoms with Gasteiger partial charge >= 0.3 is 0 Å². The number of para-hydroxylation sites is 2. The maximum Gasteiger partial charge on any atom is 0.284 e. The van der Waals surface area contributed by atoms with Crippen LogP contribution in [0.2, 0.25) is 0 Å². The smallest absolute Gasteiger partial charge is 0.284 e. The van der Waals surface area contributed by atoms with Gasteiger partial charge in [0.2, 0.25) is 10.0 Å². The number of sulfonamides is 1. The van der Waals surface area contributed by atoms with Crippen LogP contribution in [-0.2, 0) is 10.0 Å². The topological polar surface area (TPSA) is 138 Å². The molecule has 1 aliphatic heterocycles. The van der Waals surface area contributed by atoms with Gasteiger partial charge in [0.05, 0.1) is 52.7 Å². The van der Waals surface area contributed by atoms with Gasteiger partial charge in [-0.2, -0.15) is 4.31 Å². The molecule has 2 heterocycles. The van der Waals surface area contributed by atoms with E-state index in [1.807, 2.05) is 31.2 Å². The first-order chi connectivity index (χ1) is 21.0. The van der Waals surface area contributed by atoms with Crippen molar-refractivity contribution in [1.29, 1.82) is 0 Å². The Balaban J connectivity index is 1.50. The van der Waals surface area contributed by atoms with Gasteiger partial charge in [0.15, 0.2) is 10.8 Å². The van der Waals surface area contributed by atoms with Crippen LogP contribution < -0.4 is 14.8 Å². The lowest BCUT2D eigenvalue weighted by molar-refractivity contribution is 0.0388. The lowest BCUT2D eigenvalue weighted by atomic mass is 9.99. The van der Waals surface area contributed by atoms with Crippen molar-refractivity contribution in [2.45, 2.75) is 30.9 Å². The zero-order valence-electron chi connectivity index (χ0n) is 24.8. The molecule has 3 aromatic carbocycles. The SMILES string of the molecule is COc1ccc(S(=O)(=O)N(C)C[C@H]2Oc3c(NC(=O)c4nc5ccccc5s4)cccc3C(=O)N([C@@H](C)CO)C[C@H]2C)cc1. The fourth-order valence-electron chi connectivity index (χ4n) is 4.98. The van der Waals surface area contributed by atoms with Crippen LogP contribution in [0.25, 0.3) is 10.2 Å². The number of methoxy groups -OCH3 is 1. The molecule has 0 unspecified atom stereocenters. The van der Waals surface area contributed by atoms with Crippen molar-refractivity contribution in [3.8, 4) is 11.5 Å². The molecule has 13 heteroatoms. The standard InChI is InChI=1S/C31H34N4O7S2/c1-19-16-35(20(2)18-36)31(38)23-8-7-10-25(32-29(37)30-33-24-9-5-6-11-27(24)43-30)28(23)42-26(19)17-34(3)44(39,40)22-14-12-21(41-4)13-15-22/h5-15,19-20,26,36H,16-18H2,1-4H3,(H,32,37)/t19-,20+,26-/m1/s1. The van der Waals surface area contributed by atoms with Crippen molar-refractivity contribution in [3.05, 3.63) is 77.3 Å². The molecule has 232 valence electrons. The molecular weight excluding hydrogens is 604 g/mol. The minimum atomic E-state index is -3.91. The number of aromatic nitrogens is 1. The number of likely N-dealkylation sites (N-methyl/N-ethyl adjacent to an activating group) is 1. The minimum Gasteiger partial charge on any atom is -0.497 e. The zero-order chi connectivity index (χ0) is 31.6. The number of aliphatic hydroxyl groups excluding tert-OH is 1. The number of carbonyl (C=O) groups is 2. The van der Waals surface area contributed by atoms with Crippen LogP contribution in [0.4, 0.5) is 5.69 Å². The molecule has 3 atom stereocenters. The third-order valence-corrected chi connectivity index (χ3v) is 10.5. The first-order valence-electron chi connectivity index (χ1n) is 14.0. The molecule has 2 N–H and O–H groups in total. The van der Waals surface area contributed by atoms with E-state index < -0.39 is 28.1 Å². The van der Waals surface area contributed by atoms with Gasteiger partial charge in [0.25, 0.3) is 11.8 Å². The first-order valence-corrected chi connectivity index (χ1v) is 16.3. The molecule has 0 saturated heterocycles. The Morgan fingerprint density at radius 1 is 1.18 bits per heavy atom. The highest BCUT2D eigenvalue weighted by Crippen LogP contribution is 2.36. The molecule has 44 heavy (non-hydrogen) atoms. The number of hydrogen-bond donors (Lipinski definition) is 2. The molecule has 11 nitrogen and oxygen atoms in total. The number of nitrogens with zero attached hydrogens (tertiary/aromatic N) is 3. The summed E-state index contributed by atoms with van der Waals surface area (Å²) in [6, 6.07) is 17.8. The van der Waals surface area contributed by atoms with Gasteiger partial charge in [-0.25, -0.2) is 13.4 Å². The fraction of sp³-hybridized carbons (Fsp3) is 0.323. The van der Waals surface area contributed by atoms with E-state index in [1.54, 1.807) is 42.2 Å². The molecule has 0 spiro atoms. The van der Waals surface area contributed by atoms with E-state index in [1.165, 1.54) is 41.9 Å². The van der Waals surface area contributed by atoms with Crippen LogP contribution in [0.3, 0.4) is 0 Å². The number of aliphatic hydroxyl groups is 1. The monoisotopic (exact) mass is 638 g/mol. The Morgan fingerprint density at radius 2 is 1.91 bits per heavy atom. The number of hydrogen-bond acceptors (Lipinski definition) is 9. The first kappa shape index (κ1) is 31.4. The van der Waals surface area contributed by atoms with E-state index in [9.17, 15) is 23.1 Å². The minimum absolute atomic E-state index is 0.0509. The molecule has 2 amide bonds. The zero-order valence-corrected chi connectivity index (χ0v) is 26.4. The summed E-state index contributed by atoms with van der Waals surface area (Å²) < 4.78 is 40.7. The van der Waals surface area contributed by atoms with Gasteiger partial charge in [-0.05, 0) is 55.5 Å². The highest BCUT2D eigenvalue weighted by atomic mass is 32.2. The second kappa shape index (κ2) is 12.9. The molecule has 4 aromatic rings. The number of benzene rings is 3. The van der Waals surface area contributed by atoms with E-state index in [4.69, 9.17) is 9.47 Å². The lowest BCUT2D eigenvalue weighted by Gasteiger charge is -2.38. The summed E-state index contributed by atoms with van der Waals surface area (Å²) in [7, 11) is -0.938. The van der Waals surface area contributed by atoms with E-state index in [0.717, 1.165) is 4.70 Å². The average Bonchev–Trinajstić information content (AvgIpc) is 3.47. The molecule has 1 aromatic heterocycles. The van der Waals surface area contributed by atoms with Crippen molar-refractivity contribution in [2.24, 2.45) is 5.92 Å². The molecular formula is C31H34N4O7S2. The summed E-state index contributed by atoms with van der Waals surface area (Å²) in [4.78, 5) is 33.2. The molecule has 0 radical (unpaired) electrons. The third-order valence-electron chi connectivity index (χ3n) is 7.63. The summed E-state index contributed by atoms with van der Waals surface area (Å²) in [6.45, 7) is 3.49. The number of amides is 2. The average molecular weight is 639 g/mol. The number of fused-ring (bicyclic) bond motifs is 2. The Bertz CT molecular complexity index is 1740. The van der Waals surface area contributed by atoms with Crippen LogP contribution >= 0.6 is 11.3 Å². The fourth-order valence-corrected chi connectivity index (χ4v) is 7.03. The third kappa shape index (κ3) is 6.27. The Labute approximate surface area is 260 Å². The maximum atomic E-state index is 13.8. The lowest BCUT2D eigenvalue weighted by Crippen LogP contribution is -2.50. The molecule has 5 rings (SSSR count). The largest absolute Gasteiger partial charge is 0.497 e. The van der Waals surface area contributed by atoms with Gasteiger partial charge in [-0.3, -0.25) is 9.59 Å². The quantitative estimate of drug-likeness (QED) is 0.280. The Kier molecular flexibility index (Phi) is 9.20. The molecule has 0 fully saturated rings. The van der Waals surface area contributed by atoms with Crippen LogP contribution in [0.15, 0.2) is 71.6 Å². The predicted molar refractivity (Wildman–Crippen MR) is 168 cm³/mol. The second-order valence-corrected chi connectivity index (χ2v) is 13.8. The van der Waals surface area contributed by atoms with Gasteiger partial charge in [0.1, 0.15) is 11.9 Å². The van der Waals surface area contributed by atoms with Crippen molar-refractivity contribution in [3.63, 3.8) is 0 Å². The predicted octanol–water partition coefficient (Wildman–Crippen LogP) is 4.10. The van der Waals surface area contributed by atoms with E-state index in [2.05, 4.69) is 10.3 Å². The summed E-state index contributed by atoms with van der Waals surface area (Å²) in [5.74, 6) is -0.552. The number of anilines is 1. The van der Waals surface area contributed by atoms with Crippen LogP contribution in [0, 0.1) is 5.92 Å². The van der Waals surface area contributed by atoms with Gasteiger partial charge in [-0.1, -0.05) is 25.1 Å². The molecule has 1 aliphatic rings. The Hall–Kier alpha value is -4.04. The number of nitrogens with one attached hydrogen (secondary N) is 1. The normalized spacial score (nSPS) is 17.9. The van der Waals surface area contributed by atoms with Crippen molar-refractivity contribution < 1.29 is 32.6 Å². The van der Waals surface area contributed by atoms with Crippen LogP contribution in [0.1, 0.15) is 34.0 Å². The van der Waals surface area contributed by atoms with Gasteiger partial charge in [-0.15, -0.1) is 11.3 Å². The van der Waals surface area contributed by atoms with Crippen LogP contribution in [0.5, 0.6) is 11.5 Å². The molecule has 0 saturated carbocycles. The van der Waals surface area contributed by atoms with E-state index in [-0.39, 0.29) is 58.4 Å². The van der Waals surface area contributed by atoms with Crippen molar-refractivity contribution >= 4 is 49.1 Å². The summed E-state index contributed by atoms with van der Waals surface area (Å²) >= 11 is 1.24. The number of ether oxygens (including phenoxy) is 2. The Morgan fingerprint density at radius 3 is 2.59 bits per heavy atom. The summed E-state index contributed by atoms with van der Waals surface area (Å²) in [6.07, 6.45) is -0.728. The number of thiazole rings is 1. The second-order valence-electron chi connectivity index (χ2n) is 10.7. The van der Waals surface area contributed by atoms with Gasteiger partial charge < -0.3 is 24.8 Å². The van der Waals surface area contributed by atoms with Crippen LogP contribution in [-0.4, -0.2) is 85.5 Å². The van der Waals surface area contributed by atoms with E-state index >= 15 is 0 Å². The summed E-state index contributed by atoms with van der Waals surface area (Å²) in [5.41, 5.74) is 1.13. The highest BCUT2D eigenvalue weighted by molar-refractivity contribution is 7.89. The van der Waals surface area contributed by atoms with E-state index in [0.29, 0.717) is 11.3 Å². The maximum absolute atomic E-state index is 13.8. The van der Waals surface area contributed by atoms with Crippen molar-refractivity contribution in [1.82, 2.24) is 14.2 Å². The highest BCUT2D eigenvalue weighted by Gasteiger charge is 2.36. The van der Waals surface area contributed by atoms with Crippen molar-refractivity contribution in [2.75, 3.05) is 39.2 Å². The molecule has 0 bridgehead atoms. The number of carbonyl (C=O) groups excluding carboxylic acids is 2. The summed E-state index contributed by atoms with van der Waals surface area (Å²) in [5, 5.41) is 13.0. The van der Waals surface area contributed by atoms with Gasteiger partial charge in [0, 0.05) is 19.5 Å². The number of rotatable bonds is 9. The molecule has 0 aliphatic carbocycles.